The molecule has 5 nitrogen and oxygen atoms in total. The third kappa shape index (κ3) is 3.51. The first kappa shape index (κ1) is 15.5. The molecule has 0 fully saturated rings. The lowest BCUT2D eigenvalue weighted by Gasteiger charge is -2.36. The Morgan fingerprint density at radius 2 is 2.13 bits per heavy atom. The first-order valence-electron chi connectivity index (χ1n) is 7.68. The number of aromatic hydroxyl groups is 1. The van der Waals surface area contributed by atoms with Gasteiger partial charge in [0.25, 0.3) is 0 Å². The quantitative estimate of drug-likeness (QED) is 0.886. The highest BCUT2D eigenvalue weighted by molar-refractivity contribution is 5.63. The van der Waals surface area contributed by atoms with Crippen LogP contribution < -0.4 is 14.4 Å². The van der Waals surface area contributed by atoms with E-state index in [1.165, 1.54) is 0 Å². The Morgan fingerprint density at radius 1 is 1.26 bits per heavy atom. The van der Waals surface area contributed by atoms with E-state index in [0.29, 0.717) is 13.1 Å². The van der Waals surface area contributed by atoms with Crippen molar-refractivity contribution in [1.29, 1.82) is 0 Å². The fourth-order valence-corrected chi connectivity index (χ4v) is 2.91. The van der Waals surface area contributed by atoms with Gasteiger partial charge in [-0.15, -0.1) is 0 Å². The number of phenolic OH excluding ortho intramolecular Hbond substituents is 1. The van der Waals surface area contributed by atoms with Gasteiger partial charge in [-0.2, -0.15) is 0 Å². The van der Waals surface area contributed by atoms with Crippen molar-refractivity contribution < 1.29 is 19.7 Å². The van der Waals surface area contributed by atoms with Gasteiger partial charge >= 0.3 is 0 Å². The van der Waals surface area contributed by atoms with Crippen LogP contribution in [0.5, 0.6) is 17.2 Å². The average molecular weight is 315 g/mol. The van der Waals surface area contributed by atoms with Crippen molar-refractivity contribution in [2.45, 2.75) is 12.5 Å². The number of hydrogen-bond donors (Lipinski definition) is 2. The van der Waals surface area contributed by atoms with Crippen molar-refractivity contribution in [2.75, 3.05) is 31.7 Å². The van der Waals surface area contributed by atoms with Crippen LogP contribution in [0.3, 0.4) is 0 Å². The van der Waals surface area contributed by atoms with Crippen LogP contribution in [-0.4, -0.2) is 43.1 Å². The van der Waals surface area contributed by atoms with Gasteiger partial charge in [0.05, 0.1) is 25.9 Å². The molecular formula is C18H21NO4. The zero-order valence-corrected chi connectivity index (χ0v) is 13.1. The standard InChI is InChI=1S/C18H21NO4/c1-22-15-4-2-3-13(9-15)10-16-12-19(7-8-20)17-11-14(21)5-6-18(17)23-16/h2-6,9,11,16,20-21H,7-8,10,12H2,1H3. The molecular weight excluding hydrogens is 294 g/mol. The van der Waals surface area contributed by atoms with Gasteiger partial charge in [-0.05, 0) is 29.8 Å². The molecule has 0 amide bonds. The molecule has 0 saturated carbocycles. The lowest BCUT2D eigenvalue weighted by Crippen LogP contribution is -2.42. The van der Waals surface area contributed by atoms with Crippen LogP contribution in [0.4, 0.5) is 5.69 Å². The molecule has 0 spiro atoms. The molecule has 3 rings (SSSR count). The van der Waals surface area contributed by atoms with Crippen LogP contribution >= 0.6 is 0 Å². The van der Waals surface area contributed by atoms with E-state index in [4.69, 9.17) is 9.47 Å². The number of fused-ring (bicyclic) bond motifs is 1. The lowest BCUT2D eigenvalue weighted by atomic mass is 10.0. The number of anilines is 1. The summed E-state index contributed by atoms with van der Waals surface area (Å²) >= 11 is 0. The maximum atomic E-state index is 9.67. The third-order valence-electron chi connectivity index (χ3n) is 3.97. The fourth-order valence-electron chi connectivity index (χ4n) is 2.91. The molecule has 1 aliphatic rings. The molecule has 1 atom stereocenters. The van der Waals surface area contributed by atoms with Crippen LogP contribution in [0.25, 0.3) is 0 Å². The molecule has 23 heavy (non-hydrogen) atoms. The first-order chi connectivity index (χ1) is 11.2. The maximum absolute atomic E-state index is 9.67. The van der Waals surface area contributed by atoms with Crippen molar-refractivity contribution in [2.24, 2.45) is 0 Å². The average Bonchev–Trinajstić information content (AvgIpc) is 2.56. The number of phenols is 1. The summed E-state index contributed by atoms with van der Waals surface area (Å²) in [6.07, 6.45) is 0.727. The number of rotatable bonds is 5. The molecule has 1 heterocycles. The second-order valence-corrected chi connectivity index (χ2v) is 5.62. The summed E-state index contributed by atoms with van der Waals surface area (Å²) in [4.78, 5) is 2.05. The Hall–Kier alpha value is -2.40. The molecule has 0 aliphatic carbocycles. The Morgan fingerprint density at radius 3 is 2.91 bits per heavy atom. The summed E-state index contributed by atoms with van der Waals surface area (Å²) in [5, 5.41) is 19.0. The molecule has 2 N–H and O–H groups in total. The molecule has 5 heteroatoms. The summed E-state index contributed by atoms with van der Waals surface area (Å²) in [5.41, 5.74) is 1.96. The molecule has 0 radical (unpaired) electrons. The van der Waals surface area contributed by atoms with Crippen LogP contribution in [0, 0.1) is 0 Å². The number of nitrogens with zero attached hydrogens (tertiary/aromatic N) is 1. The Bertz CT molecular complexity index is 674. The normalized spacial score (nSPS) is 16.6. The van der Waals surface area contributed by atoms with Gasteiger partial charge in [-0.1, -0.05) is 12.1 Å². The number of methoxy groups -OCH3 is 1. The van der Waals surface area contributed by atoms with Crippen molar-refractivity contribution >= 4 is 5.69 Å². The summed E-state index contributed by atoms with van der Waals surface area (Å²) in [7, 11) is 1.65. The molecule has 2 aromatic carbocycles. The topological polar surface area (TPSA) is 62.2 Å². The van der Waals surface area contributed by atoms with E-state index in [1.54, 1.807) is 25.3 Å². The van der Waals surface area contributed by atoms with Gasteiger partial charge in [0.2, 0.25) is 0 Å². The fraction of sp³-hybridized carbons (Fsp3) is 0.333. The Kier molecular flexibility index (Phi) is 4.57. The largest absolute Gasteiger partial charge is 0.508 e. The number of β-amino-alcohol motifs (C(OH)–C–C–N with tert-alkyl or cyclic N) is 1. The van der Waals surface area contributed by atoms with Crippen LogP contribution in [0.15, 0.2) is 42.5 Å². The highest BCUT2D eigenvalue weighted by Gasteiger charge is 2.26. The third-order valence-corrected chi connectivity index (χ3v) is 3.97. The highest BCUT2D eigenvalue weighted by Crippen LogP contribution is 2.36. The maximum Gasteiger partial charge on any atom is 0.143 e. The monoisotopic (exact) mass is 315 g/mol. The van der Waals surface area contributed by atoms with E-state index in [2.05, 4.69) is 6.07 Å². The Balaban J connectivity index is 1.80. The minimum Gasteiger partial charge on any atom is -0.508 e. The van der Waals surface area contributed by atoms with Crippen molar-refractivity contribution in [1.82, 2.24) is 0 Å². The number of aliphatic hydroxyl groups is 1. The van der Waals surface area contributed by atoms with E-state index in [0.717, 1.165) is 29.2 Å². The van der Waals surface area contributed by atoms with Crippen LogP contribution in [0.1, 0.15) is 5.56 Å². The number of aliphatic hydroxyl groups excluding tert-OH is 1. The molecule has 0 aromatic heterocycles. The van der Waals surface area contributed by atoms with Gasteiger partial charge in [-0.25, -0.2) is 0 Å². The zero-order chi connectivity index (χ0) is 16.2. The number of ether oxygens (including phenoxy) is 2. The lowest BCUT2D eigenvalue weighted by molar-refractivity contribution is 0.189. The second kappa shape index (κ2) is 6.79. The van der Waals surface area contributed by atoms with Crippen molar-refractivity contribution in [3.63, 3.8) is 0 Å². The van der Waals surface area contributed by atoms with E-state index >= 15 is 0 Å². The first-order valence-corrected chi connectivity index (χ1v) is 7.68. The minimum absolute atomic E-state index is 0.0225. The summed E-state index contributed by atoms with van der Waals surface area (Å²) < 4.78 is 11.3. The SMILES string of the molecule is COc1cccc(CC2CN(CCO)c3cc(O)ccc3O2)c1. The van der Waals surface area contributed by atoms with E-state index in [1.807, 2.05) is 23.1 Å². The second-order valence-electron chi connectivity index (χ2n) is 5.62. The molecule has 1 aliphatic heterocycles. The van der Waals surface area contributed by atoms with Gasteiger partial charge in [-0.3, -0.25) is 0 Å². The van der Waals surface area contributed by atoms with Gasteiger partial charge < -0.3 is 24.6 Å². The molecule has 2 aromatic rings. The number of hydrogen-bond acceptors (Lipinski definition) is 5. The summed E-state index contributed by atoms with van der Waals surface area (Å²) in [6.45, 7) is 1.23. The number of benzene rings is 2. The van der Waals surface area contributed by atoms with Crippen molar-refractivity contribution in [3.8, 4) is 17.2 Å². The molecule has 122 valence electrons. The highest BCUT2D eigenvalue weighted by atomic mass is 16.5. The summed E-state index contributed by atoms with van der Waals surface area (Å²) in [5.74, 6) is 1.76. The predicted molar refractivity (Wildman–Crippen MR) is 88.5 cm³/mol. The predicted octanol–water partition coefficient (Wildman–Crippen LogP) is 2.20. The summed E-state index contributed by atoms with van der Waals surface area (Å²) in [6, 6.07) is 13.0. The van der Waals surface area contributed by atoms with Crippen LogP contribution in [0.2, 0.25) is 0 Å². The van der Waals surface area contributed by atoms with Crippen molar-refractivity contribution in [3.05, 3.63) is 48.0 Å². The van der Waals surface area contributed by atoms with Gasteiger partial charge in [0.1, 0.15) is 23.4 Å². The van der Waals surface area contributed by atoms with Gasteiger partial charge in [0.15, 0.2) is 0 Å². The van der Waals surface area contributed by atoms with E-state index in [-0.39, 0.29) is 18.5 Å². The Labute approximate surface area is 135 Å². The smallest absolute Gasteiger partial charge is 0.143 e. The zero-order valence-electron chi connectivity index (χ0n) is 13.1. The van der Waals surface area contributed by atoms with Crippen LogP contribution in [-0.2, 0) is 6.42 Å². The molecule has 0 saturated heterocycles. The van der Waals surface area contributed by atoms with Gasteiger partial charge in [0, 0.05) is 19.0 Å². The molecule has 1 unspecified atom stereocenters. The van der Waals surface area contributed by atoms with E-state index < -0.39 is 0 Å². The minimum atomic E-state index is -0.0225. The van der Waals surface area contributed by atoms with E-state index in [9.17, 15) is 10.2 Å². The molecule has 0 bridgehead atoms.